The highest BCUT2D eigenvalue weighted by molar-refractivity contribution is 5.96. The van der Waals surface area contributed by atoms with Crippen LogP contribution in [0.4, 0.5) is 0 Å². The van der Waals surface area contributed by atoms with Gasteiger partial charge in [-0.25, -0.2) is 9.97 Å². The summed E-state index contributed by atoms with van der Waals surface area (Å²) < 4.78 is 1.75. The lowest BCUT2D eigenvalue weighted by atomic mass is 10.3. The number of hydrogen-bond donors (Lipinski definition) is 2. The summed E-state index contributed by atoms with van der Waals surface area (Å²) in [4.78, 5) is 9.13. The second-order valence-electron chi connectivity index (χ2n) is 4.37. The number of rotatable bonds is 2. The summed E-state index contributed by atoms with van der Waals surface area (Å²) in [5.41, 5.74) is 8.65. The van der Waals surface area contributed by atoms with Crippen molar-refractivity contribution < 1.29 is 5.21 Å². The second kappa shape index (κ2) is 4.65. The van der Waals surface area contributed by atoms with Crippen molar-refractivity contribution in [1.82, 2.24) is 14.5 Å². The fourth-order valence-electron chi connectivity index (χ4n) is 2.13. The molecule has 20 heavy (non-hydrogen) atoms. The monoisotopic (exact) mass is 267 g/mol. The Kier molecular flexibility index (Phi) is 2.83. The maximum absolute atomic E-state index is 8.83. The van der Waals surface area contributed by atoms with E-state index in [1.165, 1.54) is 0 Å². The van der Waals surface area contributed by atoms with Crippen LogP contribution in [-0.2, 0) is 0 Å². The van der Waals surface area contributed by atoms with E-state index in [-0.39, 0.29) is 5.84 Å². The SMILES string of the molecule is Cc1nc2ccccc2nc1-n1cccc1/C(N)=N/O. The molecule has 1 aromatic carbocycles. The molecule has 6 nitrogen and oxygen atoms in total. The van der Waals surface area contributed by atoms with Crippen LogP contribution in [0.1, 0.15) is 11.4 Å². The van der Waals surface area contributed by atoms with E-state index in [4.69, 9.17) is 10.9 Å². The van der Waals surface area contributed by atoms with Gasteiger partial charge in [-0.15, -0.1) is 0 Å². The third-order valence-electron chi connectivity index (χ3n) is 3.07. The van der Waals surface area contributed by atoms with Gasteiger partial charge in [-0.3, -0.25) is 4.57 Å². The van der Waals surface area contributed by atoms with E-state index in [2.05, 4.69) is 15.1 Å². The van der Waals surface area contributed by atoms with Gasteiger partial charge >= 0.3 is 0 Å². The maximum Gasteiger partial charge on any atom is 0.187 e. The highest BCUT2D eigenvalue weighted by Gasteiger charge is 2.12. The number of amidine groups is 1. The summed E-state index contributed by atoms with van der Waals surface area (Å²) in [5.74, 6) is 0.694. The number of hydrogen-bond acceptors (Lipinski definition) is 4. The minimum atomic E-state index is 0.0318. The van der Waals surface area contributed by atoms with Gasteiger partial charge in [0.1, 0.15) is 0 Å². The smallest absolute Gasteiger partial charge is 0.187 e. The van der Waals surface area contributed by atoms with Gasteiger partial charge in [0.2, 0.25) is 0 Å². The third-order valence-corrected chi connectivity index (χ3v) is 3.07. The molecule has 0 spiro atoms. The first-order chi connectivity index (χ1) is 9.70. The minimum absolute atomic E-state index is 0.0318. The van der Waals surface area contributed by atoms with Crippen LogP contribution in [0.3, 0.4) is 0 Å². The average molecular weight is 267 g/mol. The molecular weight excluding hydrogens is 254 g/mol. The molecule has 0 saturated heterocycles. The third kappa shape index (κ3) is 1.87. The van der Waals surface area contributed by atoms with Crippen molar-refractivity contribution in [3.05, 3.63) is 54.0 Å². The van der Waals surface area contributed by atoms with Gasteiger partial charge in [-0.1, -0.05) is 17.3 Å². The molecule has 100 valence electrons. The van der Waals surface area contributed by atoms with Crippen molar-refractivity contribution in [3.63, 3.8) is 0 Å². The van der Waals surface area contributed by atoms with Gasteiger partial charge in [0.05, 0.1) is 22.4 Å². The van der Waals surface area contributed by atoms with Crippen molar-refractivity contribution in [2.24, 2.45) is 10.9 Å². The number of nitrogens with two attached hydrogens (primary N) is 1. The van der Waals surface area contributed by atoms with Gasteiger partial charge in [0.15, 0.2) is 11.7 Å². The topological polar surface area (TPSA) is 89.3 Å². The number of aromatic nitrogens is 3. The molecule has 0 fully saturated rings. The Balaban J connectivity index is 2.25. The molecule has 6 heteroatoms. The van der Waals surface area contributed by atoms with Gasteiger partial charge in [0, 0.05) is 6.20 Å². The Bertz CT molecular complexity index is 806. The molecule has 2 aromatic heterocycles. The Morgan fingerprint density at radius 2 is 1.85 bits per heavy atom. The Labute approximate surface area is 115 Å². The predicted octanol–water partition coefficient (Wildman–Crippen LogP) is 1.82. The van der Waals surface area contributed by atoms with Crippen molar-refractivity contribution in [1.29, 1.82) is 0 Å². The van der Waals surface area contributed by atoms with Gasteiger partial charge < -0.3 is 10.9 Å². The molecule has 3 N–H and O–H groups in total. The first-order valence-corrected chi connectivity index (χ1v) is 6.09. The fraction of sp³-hybridized carbons (Fsp3) is 0.0714. The summed E-state index contributed by atoms with van der Waals surface area (Å²) in [6.45, 7) is 1.88. The lowest BCUT2D eigenvalue weighted by Gasteiger charge is -2.10. The number of para-hydroxylation sites is 2. The summed E-state index contributed by atoms with van der Waals surface area (Å²) >= 11 is 0. The van der Waals surface area contributed by atoms with Crippen LogP contribution in [-0.4, -0.2) is 25.6 Å². The molecule has 0 atom stereocenters. The van der Waals surface area contributed by atoms with Crippen LogP contribution in [0.15, 0.2) is 47.8 Å². The van der Waals surface area contributed by atoms with Crippen molar-refractivity contribution in [2.45, 2.75) is 6.92 Å². The lowest BCUT2D eigenvalue weighted by Crippen LogP contribution is -2.18. The van der Waals surface area contributed by atoms with Gasteiger partial charge in [-0.2, -0.15) is 0 Å². The molecule has 0 aliphatic carbocycles. The lowest BCUT2D eigenvalue weighted by molar-refractivity contribution is 0.318. The highest BCUT2D eigenvalue weighted by atomic mass is 16.4. The molecule has 0 unspecified atom stereocenters. The molecule has 0 aliphatic rings. The standard InChI is InChI=1S/C14H13N5O/c1-9-14(17-11-6-3-2-5-10(11)16-9)19-8-4-7-12(19)13(15)18-20/h2-8,20H,1H3,(H2,15,18). The van der Waals surface area contributed by atoms with Crippen LogP contribution in [0.2, 0.25) is 0 Å². The number of nitrogens with zero attached hydrogens (tertiary/aromatic N) is 4. The zero-order chi connectivity index (χ0) is 14.1. The molecule has 2 heterocycles. The summed E-state index contributed by atoms with van der Waals surface area (Å²) in [7, 11) is 0. The average Bonchev–Trinajstić information content (AvgIpc) is 2.95. The Morgan fingerprint density at radius 1 is 1.15 bits per heavy atom. The summed E-state index contributed by atoms with van der Waals surface area (Å²) in [6, 6.07) is 11.2. The second-order valence-corrected chi connectivity index (χ2v) is 4.37. The van der Waals surface area contributed by atoms with Crippen molar-refractivity contribution in [3.8, 4) is 5.82 Å². The maximum atomic E-state index is 8.83. The van der Waals surface area contributed by atoms with Crippen LogP contribution in [0, 0.1) is 6.92 Å². The zero-order valence-corrected chi connectivity index (χ0v) is 10.9. The fourth-order valence-corrected chi connectivity index (χ4v) is 2.13. The van der Waals surface area contributed by atoms with E-state index in [0.717, 1.165) is 16.7 Å². The normalized spacial score (nSPS) is 11.9. The quantitative estimate of drug-likeness (QED) is 0.321. The van der Waals surface area contributed by atoms with E-state index in [9.17, 15) is 0 Å². The Hall–Kier alpha value is -2.89. The minimum Gasteiger partial charge on any atom is -0.409 e. The molecule has 0 aliphatic heterocycles. The molecule has 0 bridgehead atoms. The van der Waals surface area contributed by atoms with Crippen LogP contribution in [0.25, 0.3) is 16.9 Å². The number of aryl methyl sites for hydroxylation is 1. The molecule has 0 amide bonds. The zero-order valence-electron chi connectivity index (χ0n) is 10.9. The Morgan fingerprint density at radius 3 is 2.55 bits per heavy atom. The number of fused-ring (bicyclic) bond motifs is 1. The van der Waals surface area contributed by atoms with E-state index < -0.39 is 0 Å². The molecule has 3 aromatic rings. The van der Waals surface area contributed by atoms with Gasteiger partial charge in [-0.05, 0) is 31.2 Å². The first kappa shape index (κ1) is 12.2. The summed E-state index contributed by atoms with van der Waals surface area (Å²) in [6.07, 6.45) is 1.80. The van der Waals surface area contributed by atoms with E-state index in [0.29, 0.717) is 11.5 Å². The number of oxime groups is 1. The predicted molar refractivity (Wildman–Crippen MR) is 76.1 cm³/mol. The molecular formula is C14H13N5O. The van der Waals surface area contributed by atoms with Crippen molar-refractivity contribution >= 4 is 16.9 Å². The molecule has 3 rings (SSSR count). The molecule has 0 radical (unpaired) electrons. The van der Waals surface area contributed by atoms with Crippen molar-refractivity contribution in [2.75, 3.05) is 0 Å². The van der Waals surface area contributed by atoms with E-state index in [1.54, 1.807) is 16.8 Å². The highest BCUT2D eigenvalue weighted by Crippen LogP contribution is 2.17. The van der Waals surface area contributed by atoms with Gasteiger partial charge in [0.25, 0.3) is 0 Å². The van der Waals surface area contributed by atoms with Crippen LogP contribution >= 0.6 is 0 Å². The van der Waals surface area contributed by atoms with Crippen LogP contribution in [0.5, 0.6) is 0 Å². The van der Waals surface area contributed by atoms with E-state index >= 15 is 0 Å². The summed E-state index contributed by atoms with van der Waals surface area (Å²) in [5, 5.41) is 11.9. The first-order valence-electron chi connectivity index (χ1n) is 6.09. The number of benzene rings is 1. The van der Waals surface area contributed by atoms with Crippen LogP contribution < -0.4 is 5.73 Å². The molecule has 0 saturated carbocycles. The largest absolute Gasteiger partial charge is 0.409 e. The van der Waals surface area contributed by atoms with E-state index in [1.807, 2.05) is 37.3 Å².